The Bertz CT molecular complexity index is 1420. The lowest BCUT2D eigenvalue weighted by atomic mass is 9.88. The Morgan fingerprint density at radius 1 is 1.19 bits per heavy atom. The minimum atomic E-state index is -2.60. The summed E-state index contributed by atoms with van der Waals surface area (Å²) in [6.45, 7) is 0. The van der Waals surface area contributed by atoms with Crippen LogP contribution in [0, 0.1) is 0 Å². The molecule has 3 N–H and O–H groups in total. The van der Waals surface area contributed by atoms with Gasteiger partial charge >= 0.3 is 0 Å². The topological polar surface area (TPSA) is 109 Å². The number of nitrogens with one attached hydrogen (secondary N) is 3. The summed E-state index contributed by atoms with van der Waals surface area (Å²) < 4.78 is 33.4. The molecule has 1 amide bonds. The summed E-state index contributed by atoms with van der Waals surface area (Å²) in [6.07, 6.45) is 10.4. The molecule has 4 aromatic heterocycles. The monoisotopic (exact) mass is 495 g/mol. The largest absolute Gasteiger partial charge is 0.381 e. The molecule has 2 aliphatic rings. The number of ether oxygens (including phenoxy) is 1. The van der Waals surface area contributed by atoms with Crippen molar-refractivity contribution in [3.63, 3.8) is 0 Å². The van der Waals surface area contributed by atoms with Crippen molar-refractivity contribution in [1.82, 2.24) is 29.9 Å². The lowest BCUT2D eigenvalue weighted by Crippen LogP contribution is -2.44. The summed E-state index contributed by atoms with van der Waals surface area (Å²) in [4.78, 5) is 25.0. The number of hydrogen-bond acceptors (Lipinski definition) is 6. The summed E-state index contributed by atoms with van der Waals surface area (Å²) in [5.74, 6) is -2.42. The van der Waals surface area contributed by atoms with Crippen LogP contribution >= 0.6 is 0 Å². The Balaban J connectivity index is 1.22. The summed E-state index contributed by atoms with van der Waals surface area (Å²) in [6, 6.07) is 3.64. The highest BCUT2D eigenvalue weighted by molar-refractivity contribution is 6.02. The highest BCUT2D eigenvalue weighted by Gasteiger charge is 2.45. The minimum absolute atomic E-state index is 0.127. The zero-order valence-corrected chi connectivity index (χ0v) is 19.8. The third-order valence-electron chi connectivity index (χ3n) is 7.28. The fourth-order valence-corrected chi connectivity index (χ4v) is 5.19. The normalized spacial score (nSPS) is 22.0. The van der Waals surface area contributed by atoms with Crippen molar-refractivity contribution in [3.05, 3.63) is 42.5 Å². The first-order chi connectivity index (χ1) is 17.4. The van der Waals surface area contributed by atoms with Crippen LogP contribution in [0.15, 0.2) is 36.9 Å². The number of alkyl halides is 2. The number of pyridine rings is 1. The lowest BCUT2D eigenvalue weighted by molar-refractivity contribution is -0.0794. The van der Waals surface area contributed by atoms with Crippen molar-refractivity contribution in [2.24, 2.45) is 0 Å². The van der Waals surface area contributed by atoms with E-state index in [4.69, 9.17) is 4.74 Å². The molecule has 0 aliphatic heterocycles. The van der Waals surface area contributed by atoms with E-state index in [9.17, 15) is 13.6 Å². The maximum absolute atomic E-state index is 13.1. The third-order valence-corrected chi connectivity index (χ3v) is 7.28. The third kappa shape index (κ3) is 4.27. The number of amides is 1. The van der Waals surface area contributed by atoms with E-state index in [0.29, 0.717) is 22.7 Å². The van der Waals surface area contributed by atoms with Crippen molar-refractivity contribution in [3.8, 4) is 11.1 Å². The van der Waals surface area contributed by atoms with Gasteiger partial charge < -0.3 is 20.4 Å². The molecule has 2 aliphatic carbocycles. The van der Waals surface area contributed by atoms with Crippen LogP contribution in [0.4, 0.5) is 14.7 Å². The maximum Gasteiger partial charge on any atom is 0.255 e. The molecule has 4 heterocycles. The highest BCUT2D eigenvalue weighted by atomic mass is 19.3. The maximum atomic E-state index is 13.1. The fraction of sp³-hybridized carbons (Fsp3) is 0.440. The van der Waals surface area contributed by atoms with Gasteiger partial charge in [-0.1, -0.05) is 0 Å². The number of H-pyrrole nitrogens is 1. The minimum Gasteiger partial charge on any atom is -0.381 e. The van der Waals surface area contributed by atoms with Crippen LogP contribution in [0.3, 0.4) is 0 Å². The van der Waals surface area contributed by atoms with Crippen LogP contribution in [0.1, 0.15) is 48.9 Å². The van der Waals surface area contributed by atoms with E-state index < -0.39 is 5.92 Å². The molecular formula is C25H27F2N7O2. The van der Waals surface area contributed by atoms with Gasteiger partial charge in [0.1, 0.15) is 5.65 Å². The molecule has 36 heavy (non-hydrogen) atoms. The fourth-order valence-electron chi connectivity index (χ4n) is 5.19. The zero-order chi connectivity index (χ0) is 24.9. The second-order valence-electron chi connectivity index (χ2n) is 9.75. The van der Waals surface area contributed by atoms with Crippen molar-refractivity contribution in [1.29, 1.82) is 0 Å². The standard InChI is InChI=1S/C25H27F2N7O2/c1-36-17-4-2-15(3-5-17)31-23(35)20-13-30-34-7-6-14(8-21(20)34)18-11-28-22-19(18)12-29-24(33-22)32-16-9-25(26,27)10-16/h6-8,11-13,15-17H,2-5,9-10H2,1H3,(H,31,35)(H2,28,29,32,33)/t15-,17-. The van der Waals surface area contributed by atoms with Crippen molar-refractivity contribution < 1.29 is 18.3 Å². The number of fused-ring (bicyclic) bond motifs is 2. The lowest BCUT2D eigenvalue weighted by Gasteiger charge is -2.35. The zero-order valence-electron chi connectivity index (χ0n) is 19.8. The van der Waals surface area contributed by atoms with Gasteiger partial charge in [-0.25, -0.2) is 18.3 Å². The van der Waals surface area contributed by atoms with Gasteiger partial charge in [0, 0.05) is 61.6 Å². The molecule has 4 aromatic rings. The molecular weight excluding hydrogens is 468 g/mol. The summed E-state index contributed by atoms with van der Waals surface area (Å²) in [5.41, 5.74) is 3.58. The number of carbonyl (C=O) groups excluding carboxylic acids is 1. The van der Waals surface area contributed by atoms with Crippen LogP contribution in [0.5, 0.6) is 0 Å². The van der Waals surface area contributed by atoms with Gasteiger partial charge in [-0.05, 0) is 43.4 Å². The van der Waals surface area contributed by atoms with E-state index in [0.717, 1.165) is 42.2 Å². The smallest absolute Gasteiger partial charge is 0.255 e. The molecule has 9 nitrogen and oxygen atoms in total. The van der Waals surface area contributed by atoms with E-state index >= 15 is 0 Å². The van der Waals surface area contributed by atoms with E-state index in [-0.39, 0.29) is 36.9 Å². The Morgan fingerprint density at radius 2 is 2.00 bits per heavy atom. The Morgan fingerprint density at radius 3 is 2.75 bits per heavy atom. The second-order valence-corrected chi connectivity index (χ2v) is 9.75. The molecule has 6 rings (SSSR count). The van der Waals surface area contributed by atoms with E-state index in [1.807, 2.05) is 24.5 Å². The molecule has 0 bridgehead atoms. The van der Waals surface area contributed by atoms with Gasteiger partial charge in [0.15, 0.2) is 0 Å². The first-order valence-corrected chi connectivity index (χ1v) is 12.2. The molecule has 2 fully saturated rings. The van der Waals surface area contributed by atoms with Crippen LogP contribution in [0.25, 0.3) is 27.7 Å². The van der Waals surface area contributed by atoms with Gasteiger partial charge in [0.05, 0.1) is 23.4 Å². The molecule has 0 aromatic carbocycles. The SMILES string of the molecule is CO[C@H]1CC[C@H](NC(=O)c2cnn3ccc(-c4c[nH]c5nc(NC6CC(F)(F)C6)ncc45)cc23)CC1. The van der Waals surface area contributed by atoms with Gasteiger partial charge in [0.2, 0.25) is 5.95 Å². The van der Waals surface area contributed by atoms with E-state index in [1.165, 1.54) is 0 Å². The number of carbonyl (C=O) groups is 1. The highest BCUT2D eigenvalue weighted by Crippen LogP contribution is 2.39. The number of nitrogens with zero attached hydrogens (tertiary/aromatic N) is 4. The summed E-state index contributed by atoms with van der Waals surface area (Å²) >= 11 is 0. The summed E-state index contributed by atoms with van der Waals surface area (Å²) in [5, 5.41) is 11.3. The molecule has 0 unspecified atom stereocenters. The molecule has 0 radical (unpaired) electrons. The van der Waals surface area contributed by atoms with Gasteiger partial charge in [-0.15, -0.1) is 0 Å². The number of anilines is 1. The van der Waals surface area contributed by atoms with Crippen LogP contribution in [-0.4, -0.2) is 61.7 Å². The predicted octanol–water partition coefficient (Wildman–Crippen LogP) is 4.17. The average molecular weight is 496 g/mol. The average Bonchev–Trinajstić information content (AvgIpc) is 3.47. The molecule has 2 saturated carbocycles. The number of aromatic amines is 1. The van der Waals surface area contributed by atoms with E-state index in [1.54, 1.807) is 24.0 Å². The van der Waals surface area contributed by atoms with Gasteiger partial charge in [-0.3, -0.25) is 4.79 Å². The molecule has 188 valence electrons. The quantitative estimate of drug-likeness (QED) is 0.371. The first kappa shape index (κ1) is 22.8. The predicted molar refractivity (Wildman–Crippen MR) is 130 cm³/mol. The van der Waals surface area contributed by atoms with Crippen molar-refractivity contribution in [2.45, 2.75) is 62.6 Å². The van der Waals surface area contributed by atoms with Crippen molar-refractivity contribution >= 4 is 28.4 Å². The summed E-state index contributed by atoms with van der Waals surface area (Å²) in [7, 11) is 1.73. The number of methoxy groups -OCH3 is 1. The molecule has 0 saturated heterocycles. The Labute approximate surface area is 205 Å². The molecule has 0 spiro atoms. The van der Waals surface area contributed by atoms with Gasteiger partial charge in [-0.2, -0.15) is 10.1 Å². The molecule has 0 atom stereocenters. The first-order valence-electron chi connectivity index (χ1n) is 12.2. The van der Waals surface area contributed by atoms with Crippen LogP contribution in [-0.2, 0) is 4.74 Å². The molecule has 11 heteroatoms. The second kappa shape index (κ2) is 8.81. The number of aromatic nitrogens is 5. The number of halogens is 2. The number of rotatable bonds is 6. The number of hydrogen-bond donors (Lipinski definition) is 3. The van der Waals surface area contributed by atoms with Crippen molar-refractivity contribution in [2.75, 3.05) is 12.4 Å². The van der Waals surface area contributed by atoms with Crippen LogP contribution < -0.4 is 10.6 Å². The Kier molecular flexibility index (Phi) is 5.59. The Hall–Kier alpha value is -3.60. The van der Waals surface area contributed by atoms with Gasteiger partial charge in [0.25, 0.3) is 11.8 Å². The van der Waals surface area contributed by atoms with E-state index in [2.05, 4.69) is 30.7 Å². The van der Waals surface area contributed by atoms with Crippen LogP contribution in [0.2, 0.25) is 0 Å².